The maximum Gasteiger partial charge on any atom is 0.166 e. The summed E-state index contributed by atoms with van der Waals surface area (Å²) in [5.41, 5.74) is 2.38. The second-order valence-electron chi connectivity index (χ2n) is 6.65. The van der Waals surface area contributed by atoms with E-state index in [4.69, 9.17) is 24.4 Å². The molecule has 1 aromatic carbocycles. The third-order valence-corrected chi connectivity index (χ3v) is 4.16. The van der Waals surface area contributed by atoms with E-state index in [1.807, 2.05) is 28.2 Å². The number of benzene rings is 1. The van der Waals surface area contributed by atoms with Gasteiger partial charge in [-0.2, -0.15) is 0 Å². The first kappa shape index (κ1) is 22.6. The molecule has 146 valence electrons. The highest BCUT2D eigenvalue weighted by atomic mass is 32.1. The molecule has 4 N–H and O–H groups in total. The molecule has 0 fully saturated rings. The Labute approximate surface area is 168 Å². The third kappa shape index (κ3) is 11.2. The fourth-order valence-electron chi connectivity index (χ4n) is 2.13. The van der Waals surface area contributed by atoms with Gasteiger partial charge < -0.3 is 31.1 Å². The van der Waals surface area contributed by atoms with Crippen LogP contribution in [-0.2, 0) is 13.1 Å². The van der Waals surface area contributed by atoms with Crippen LogP contribution in [0.5, 0.6) is 0 Å². The van der Waals surface area contributed by atoms with Crippen LogP contribution >= 0.6 is 24.4 Å². The molecule has 0 aliphatic rings. The number of thiocarbonyl (C=S) groups is 2. The van der Waals surface area contributed by atoms with Crippen molar-refractivity contribution in [1.29, 1.82) is 0 Å². The van der Waals surface area contributed by atoms with Crippen LogP contribution in [-0.4, -0.2) is 74.4 Å². The molecule has 1 aromatic rings. The van der Waals surface area contributed by atoms with Crippen LogP contribution in [0, 0.1) is 0 Å². The van der Waals surface area contributed by atoms with Crippen LogP contribution in [0.4, 0.5) is 0 Å². The Bertz CT molecular complexity index is 517. The van der Waals surface area contributed by atoms with Gasteiger partial charge in [0.2, 0.25) is 0 Å². The first-order valence-corrected chi connectivity index (χ1v) is 9.59. The van der Waals surface area contributed by atoms with Gasteiger partial charge in [0.05, 0.1) is 0 Å². The topological polar surface area (TPSA) is 54.6 Å². The largest absolute Gasteiger partial charge is 0.361 e. The number of nitrogens with one attached hydrogen (secondary N) is 4. The number of nitrogens with zero attached hydrogens (tertiary/aromatic N) is 2. The van der Waals surface area contributed by atoms with Gasteiger partial charge in [0.25, 0.3) is 0 Å². The fourth-order valence-corrected chi connectivity index (χ4v) is 2.47. The van der Waals surface area contributed by atoms with E-state index < -0.39 is 0 Å². The molecule has 0 amide bonds. The maximum absolute atomic E-state index is 5.30. The Kier molecular flexibility index (Phi) is 11.1. The van der Waals surface area contributed by atoms with Crippen molar-refractivity contribution in [1.82, 2.24) is 31.1 Å². The summed E-state index contributed by atoms with van der Waals surface area (Å²) in [5, 5.41) is 14.3. The van der Waals surface area contributed by atoms with Crippen LogP contribution in [0.1, 0.15) is 11.1 Å². The quantitative estimate of drug-likeness (QED) is 0.432. The Morgan fingerprint density at radius 1 is 0.769 bits per heavy atom. The van der Waals surface area contributed by atoms with Gasteiger partial charge in [-0.05, 0) is 63.8 Å². The highest BCUT2D eigenvalue weighted by molar-refractivity contribution is 7.80. The summed E-state index contributed by atoms with van der Waals surface area (Å²) >= 11 is 10.6. The van der Waals surface area contributed by atoms with Gasteiger partial charge in [-0.3, -0.25) is 0 Å². The highest BCUT2D eigenvalue weighted by Gasteiger charge is 2.01. The smallest absolute Gasteiger partial charge is 0.166 e. The number of hydrogen-bond acceptors (Lipinski definition) is 4. The Hall–Kier alpha value is -1.48. The molecule has 8 heteroatoms. The summed E-state index contributed by atoms with van der Waals surface area (Å²) in [7, 11) is 8.17. The van der Waals surface area contributed by atoms with Crippen LogP contribution in [0.3, 0.4) is 0 Å². The van der Waals surface area contributed by atoms with Crippen molar-refractivity contribution < 1.29 is 0 Å². The predicted octanol–water partition coefficient (Wildman–Crippen LogP) is 0.738. The molecule has 0 saturated heterocycles. The fraction of sp³-hybridized carbons (Fsp3) is 0.556. The second-order valence-corrected chi connectivity index (χ2v) is 7.46. The molecular formula is C18H32N6S2. The molecule has 0 aliphatic heterocycles. The van der Waals surface area contributed by atoms with E-state index in [1.54, 1.807) is 0 Å². The molecule has 0 bridgehead atoms. The normalized spacial score (nSPS) is 10.7. The minimum Gasteiger partial charge on any atom is -0.361 e. The Balaban J connectivity index is 2.31. The summed E-state index contributed by atoms with van der Waals surface area (Å²) in [5.74, 6) is 0. The van der Waals surface area contributed by atoms with Gasteiger partial charge in [-0.25, -0.2) is 0 Å². The molecule has 0 atom stereocenters. The van der Waals surface area contributed by atoms with Gasteiger partial charge >= 0.3 is 0 Å². The predicted molar refractivity (Wildman–Crippen MR) is 118 cm³/mol. The van der Waals surface area contributed by atoms with Gasteiger partial charge in [0.15, 0.2) is 10.2 Å². The summed E-state index contributed by atoms with van der Waals surface area (Å²) in [6.07, 6.45) is 0. The average molecular weight is 397 g/mol. The Morgan fingerprint density at radius 3 is 1.58 bits per heavy atom. The molecule has 1 rings (SSSR count). The SMILES string of the molecule is CN(C)CCNC(=S)NCc1cccc(CNC(=S)NCCN(C)C)c1. The molecule has 0 aromatic heterocycles. The van der Waals surface area contributed by atoms with Crippen molar-refractivity contribution in [2.24, 2.45) is 0 Å². The molecule has 0 spiro atoms. The minimum absolute atomic E-state index is 0.682. The van der Waals surface area contributed by atoms with Gasteiger partial charge in [0, 0.05) is 39.3 Å². The molecular weight excluding hydrogens is 364 g/mol. The highest BCUT2D eigenvalue weighted by Crippen LogP contribution is 2.05. The molecule has 6 nitrogen and oxygen atoms in total. The van der Waals surface area contributed by atoms with Crippen molar-refractivity contribution >= 4 is 34.7 Å². The lowest BCUT2D eigenvalue weighted by Gasteiger charge is -2.14. The zero-order chi connectivity index (χ0) is 19.4. The van der Waals surface area contributed by atoms with Crippen LogP contribution in [0.25, 0.3) is 0 Å². The zero-order valence-electron chi connectivity index (χ0n) is 16.3. The van der Waals surface area contributed by atoms with E-state index in [9.17, 15) is 0 Å². The molecule has 0 aliphatic carbocycles. The van der Waals surface area contributed by atoms with Crippen molar-refractivity contribution in [2.45, 2.75) is 13.1 Å². The van der Waals surface area contributed by atoms with E-state index in [1.165, 1.54) is 11.1 Å². The lowest BCUT2D eigenvalue weighted by Crippen LogP contribution is -2.38. The van der Waals surface area contributed by atoms with Crippen molar-refractivity contribution in [2.75, 3.05) is 54.4 Å². The van der Waals surface area contributed by atoms with Crippen molar-refractivity contribution in [3.8, 4) is 0 Å². The standard InChI is InChI=1S/C18H32N6S2/c1-23(2)10-8-19-17(25)21-13-15-6-5-7-16(12-15)14-22-18(26)20-9-11-24(3)4/h5-7,12H,8-11,13-14H2,1-4H3,(H2,19,21,25)(H2,20,22,26). The van der Waals surface area contributed by atoms with Crippen LogP contribution < -0.4 is 21.3 Å². The minimum atomic E-state index is 0.682. The molecule has 0 heterocycles. The summed E-state index contributed by atoms with van der Waals surface area (Å²) in [6, 6.07) is 8.39. The zero-order valence-corrected chi connectivity index (χ0v) is 17.9. The third-order valence-electron chi connectivity index (χ3n) is 3.59. The first-order chi connectivity index (χ1) is 12.4. The van der Waals surface area contributed by atoms with Crippen LogP contribution in [0.15, 0.2) is 24.3 Å². The van der Waals surface area contributed by atoms with E-state index >= 15 is 0 Å². The van der Waals surface area contributed by atoms with Crippen LogP contribution in [0.2, 0.25) is 0 Å². The lowest BCUT2D eigenvalue weighted by atomic mass is 10.1. The summed E-state index contributed by atoms with van der Waals surface area (Å²) in [6.45, 7) is 4.97. The summed E-state index contributed by atoms with van der Waals surface area (Å²) < 4.78 is 0. The van der Waals surface area contributed by atoms with Gasteiger partial charge in [-0.1, -0.05) is 24.3 Å². The molecule has 0 radical (unpaired) electrons. The van der Waals surface area contributed by atoms with Crippen molar-refractivity contribution in [3.05, 3.63) is 35.4 Å². The lowest BCUT2D eigenvalue weighted by molar-refractivity contribution is 0.412. The molecule has 0 saturated carbocycles. The maximum atomic E-state index is 5.30. The van der Waals surface area contributed by atoms with E-state index in [2.05, 4.69) is 55.3 Å². The van der Waals surface area contributed by atoms with E-state index in [0.717, 1.165) is 26.2 Å². The first-order valence-electron chi connectivity index (χ1n) is 8.77. The van der Waals surface area contributed by atoms with Gasteiger partial charge in [0.1, 0.15) is 0 Å². The molecule has 26 heavy (non-hydrogen) atoms. The summed E-state index contributed by atoms with van der Waals surface area (Å²) in [4.78, 5) is 4.23. The number of hydrogen-bond donors (Lipinski definition) is 4. The average Bonchev–Trinajstić information content (AvgIpc) is 2.58. The monoisotopic (exact) mass is 396 g/mol. The number of rotatable bonds is 10. The van der Waals surface area contributed by atoms with E-state index in [-0.39, 0.29) is 0 Å². The Morgan fingerprint density at radius 2 is 1.19 bits per heavy atom. The number of likely N-dealkylation sites (N-methyl/N-ethyl adjacent to an activating group) is 2. The second kappa shape index (κ2) is 12.8. The molecule has 0 unspecified atom stereocenters. The van der Waals surface area contributed by atoms with Gasteiger partial charge in [-0.15, -0.1) is 0 Å². The van der Waals surface area contributed by atoms with Crippen molar-refractivity contribution in [3.63, 3.8) is 0 Å². The van der Waals surface area contributed by atoms with E-state index in [0.29, 0.717) is 23.3 Å².